The Labute approximate surface area is 87.5 Å². The van der Waals surface area contributed by atoms with E-state index in [2.05, 4.69) is 0 Å². The van der Waals surface area contributed by atoms with Gasteiger partial charge in [0, 0.05) is 6.42 Å². The number of rotatable bonds is 6. The predicted octanol–water partition coefficient (Wildman–Crippen LogP) is 0.586. The van der Waals surface area contributed by atoms with Gasteiger partial charge in [0.15, 0.2) is 6.61 Å². The van der Waals surface area contributed by atoms with Gasteiger partial charge < -0.3 is 9.84 Å². The van der Waals surface area contributed by atoms with Crippen LogP contribution in [0.1, 0.15) is 6.42 Å². The van der Waals surface area contributed by atoms with E-state index in [4.69, 9.17) is 9.84 Å². The quantitative estimate of drug-likeness (QED) is 0.695. The molecule has 0 unspecified atom stereocenters. The Morgan fingerprint density at radius 3 is 2.40 bits per heavy atom. The van der Waals surface area contributed by atoms with Gasteiger partial charge in [-0.2, -0.15) is 0 Å². The molecule has 0 fully saturated rings. The minimum Gasteiger partial charge on any atom is -0.485 e. The summed E-state index contributed by atoms with van der Waals surface area (Å²) in [4.78, 5) is 22.1. The Balaban J connectivity index is 2.38. The third-order valence-corrected chi connectivity index (χ3v) is 1.76. The van der Waals surface area contributed by atoms with Gasteiger partial charge in [-0.15, -0.1) is 0 Å². The summed E-state index contributed by atoms with van der Waals surface area (Å²) in [5.41, 5.74) is 0. The summed E-state index contributed by atoms with van der Waals surface area (Å²) in [5, 5.41) is 8.46. The normalized spacial score (nSPS) is 9.67. The van der Waals surface area contributed by atoms with Crippen LogP contribution in [0, 0.1) is 0 Å². The number of benzene rings is 1. The molecule has 0 bridgehead atoms. The summed E-state index contributed by atoms with van der Waals surface area (Å²) in [6, 6.07) is 8.77. The van der Waals surface area contributed by atoms with E-state index in [1.807, 2.05) is 6.07 Å². The maximum Gasteiger partial charge on any atom is 0.235 e. The van der Waals surface area contributed by atoms with E-state index >= 15 is 0 Å². The van der Waals surface area contributed by atoms with E-state index < -0.39 is 11.6 Å². The van der Waals surface area contributed by atoms with Crippen molar-refractivity contribution < 1.29 is 19.4 Å². The highest BCUT2D eigenvalue weighted by Gasteiger charge is 2.13. The highest BCUT2D eigenvalue weighted by atomic mass is 16.5. The molecule has 4 nitrogen and oxygen atoms in total. The smallest absolute Gasteiger partial charge is 0.235 e. The number of carbonyl (C=O) groups is 2. The fourth-order valence-electron chi connectivity index (χ4n) is 0.987. The summed E-state index contributed by atoms with van der Waals surface area (Å²) < 4.78 is 5.08. The molecule has 0 amide bonds. The van der Waals surface area contributed by atoms with Crippen LogP contribution in [0.4, 0.5) is 0 Å². The van der Waals surface area contributed by atoms with Gasteiger partial charge in [0.1, 0.15) is 5.75 Å². The number of ether oxygens (including phenoxy) is 1. The Hall–Kier alpha value is -1.68. The van der Waals surface area contributed by atoms with Crippen molar-refractivity contribution in [1.82, 2.24) is 0 Å². The first-order chi connectivity index (χ1) is 7.24. The number of para-hydroxylation sites is 1. The van der Waals surface area contributed by atoms with Gasteiger partial charge in [-0.1, -0.05) is 18.2 Å². The Morgan fingerprint density at radius 2 is 1.80 bits per heavy atom. The third-order valence-electron chi connectivity index (χ3n) is 1.76. The van der Waals surface area contributed by atoms with Crippen molar-refractivity contribution in [3.8, 4) is 5.75 Å². The van der Waals surface area contributed by atoms with Crippen molar-refractivity contribution in [3.05, 3.63) is 30.3 Å². The van der Waals surface area contributed by atoms with Gasteiger partial charge in [-0.05, 0) is 12.1 Å². The SMILES string of the molecule is O=C(CCO)C(=O)COc1ccccc1. The van der Waals surface area contributed by atoms with E-state index in [-0.39, 0.29) is 19.6 Å². The molecule has 0 heterocycles. The van der Waals surface area contributed by atoms with Crippen LogP contribution in [0.25, 0.3) is 0 Å². The second kappa shape index (κ2) is 5.93. The molecule has 80 valence electrons. The molecule has 1 rings (SSSR count). The summed E-state index contributed by atoms with van der Waals surface area (Å²) in [5.74, 6) is -0.677. The zero-order valence-corrected chi connectivity index (χ0v) is 8.18. The Kier molecular flexibility index (Phi) is 4.50. The maximum atomic E-state index is 11.1. The molecule has 15 heavy (non-hydrogen) atoms. The van der Waals surface area contributed by atoms with Crippen molar-refractivity contribution in [2.24, 2.45) is 0 Å². The van der Waals surface area contributed by atoms with E-state index in [1.54, 1.807) is 24.3 Å². The fraction of sp³-hybridized carbons (Fsp3) is 0.273. The summed E-state index contributed by atoms with van der Waals surface area (Å²) in [7, 11) is 0. The zero-order valence-electron chi connectivity index (χ0n) is 8.18. The molecule has 1 aromatic rings. The second-order valence-electron chi connectivity index (χ2n) is 2.92. The number of hydrogen-bond acceptors (Lipinski definition) is 4. The molecule has 0 aromatic heterocycles. The molecule has 4 heteroatoms. The van der Waals surface area contributed by atoms with Crippen molar-refractivity contribution in [2.45, 2.75) is 6.42 Å². The molecule has 0 atom stereocenters. The number of aliphatic hydroxyl groups excluding tert-OH is 1. The molecule has 0 aliphatic heterocycles. The molecule has 0 aliphatic rings. The van der Waals surface area contributed by atoms with E-state index in [0.29, 0.717) is 5.75 Å². The molecule has 0 saturated carbocycles. The lowest BCUT2D eigenvalue weighted by Crippen LogP contribution is -2.22. The lowest BCUT2D eigenvalue weighted by Gasteiger charge is -2.03. The largest absolute Gasteiger partial charge is 0.485 e. The number of Topliss-reactive ketones (excluding diaryl/α,β-unsaturated/α-hetero) is 2. The van der Waals surface area contributed by atoms with Crippen LogP contribution < -0.4 is 4.74 Å². The molecular weight excluding hydrogens is 196 g/mol. The summed E-state index contributed by atoms with van der Waals surface area (Å²) in [6.45, 7) is -0.585. The molecule has 1 aromatic carbocycles. The topological polar surface area (TPSA) is 63.6 Å². The van der Waals surface area contributed by atoms with Gasteiger partial charge in [0.05, 0.1) is 6.61 Å². The standard InChI is InChI=1S/C11H12O4/c12-7-6-10(13)11(14)8-15-9-4-2-1-3-5-9/h1-5,12H,6-8H2. The van der Waals surface area contributed by atoms with E-state index in [0.717, 1.165) is 0 Å². The lowest BCUT2D eigenvalue weighted by molar-refractivity contribution is -0.138. The molecule has 1 N–H and O–H groups in total. The van der Waals surface area contributed by atoms with Crippen molar-refractivity contribution >= 4 is 11.6 Å². The number of aliphatic hydroxyl groups is 1. The fourth-order valence-corrected chi connectivity index (χ4v) is 0.987. The van der Waals surface area contributed by atoms with E-state index in [1.165, 1.54) is 0 Å². The van der Waals surface area contributed by atoms with Crippen molar-refractivity contribution in [1.29, 1.82) is 0 Å². The van der Waals surface area contributed by atoms with Crippen LogP contribution in [0.15, 0.2) is 30.3 Å². The minimum absolute atomic E-state index is 0.142. The first kappa shape index (κ1) is 11.4. The van der Waals surface area contributed by atoms with Gasteiger partial charge in [0.2, 0.25) is 11.6 Å². The summed E-state index contributed by atoms with van der Waals surface area (Å²) >= 11 is 0. The van der Waals surface area contributed by atoms with Gasteiger partial charge in [0.25, 0.3) is 0 Å². The van der Waals surface area contributed by atoms with Crippen LogP contribution >= 0.6 is 0 Å². The Bertz CT molecular complexity index is 332. The first-order valence-electron chi connectivity index (χ1n) is 4.59. The number of ketones is 2. The van der Waals surface area contributed by atoms with Crippen LogP contribution in [0.5, 0.6) is 5.75 Å². The average Bonchev–Trinajstić information content (AvgIpc) is 2.27. The van der Waals surface area contributed by atoms with E-state index in [9.17, 15) is 9.59 Å². The van der Waals surface area contributed by atoms with Crippen LogP contribution in [-0.4, -0.2) is 29.9 Å². The zero-order chi connectivity index (χ0) is 11.1. The monoisotopic (exact) mass is 208 g/mol. The van der Waals surface area contributed by atoms with Gasteiger partial charge in [-0.3, -0.25) is 9.59 Å². The third kappa shape index (κ3) is 3.91. The van der Waals surface area contributed by atoms with Crippen molar-refractivity contribution in [2.75, 3.05) is 13.2 Å². The Morgan fingerprint density at radius 1 is 1.13 bits per heavy atom. The highest BCUT2D eigenvalue weighted by molar-refractivity contribution is 6.37. The van der Waals surface area contributed by atoms with Crippen LogP contribution in [-0.2, 0) is 9.59 Å². The molecular formula is C11H12O4. The number of carbonyl (C=O) groups excluding carboxylic acids is 2. The molecule has 0 aliphatic carbocycles. The predicted molar refractivity (Wildman–Crippen MR) is 53.7 cm³/mol. The van der Waals surface area contributed by atoms with Gasteiger partial charge >= 0.3 is 0 Å². The summed E-state index contributed by atoms with van der Waals surface area (Å²) in [6.07, 6.45) is -0.142. The van der Waals surface area contributed by atoms with Crippen LogP contribution in [0.2, 0.25) is 0 Å². The lowest BCUT2D eigenvalue weighted by atomic mass is 10.2. The number of hydrogen-bond donors (Lipinski definition) is 1. The van der Waals surface area contributed by atoms with Gasteiger partial charge in [-0.25, -0.2) is 0 Å². The van der Waals surface area contributed by atoms with Crippen LogP contribution in [0.3, 0.4) is 0 Å². The van der Waals surface area contributed by atoms with Crippen molar-refractivity contribution in [3.63, 3.8) is 0 Å². The molecule has 0 radical (unpaired) electrons. The minimum atomic E-state index is -0.618. The second-order valence-corrected chi connectivity index (χ2v) is 2.92. The molecule has 0 spiro atoms. The first-order valence-corrected chi connectivity index (χ1v) is 4.59. The maximum absolute atomic E-state index is 11.1. The average molecular weight is 208 g/mol. The molecule has 0 saturated heterocycles. The highest BCUT2D eigenvalue weighted by Crippen LogP contribution is 2.07.